The number of thiophene rings is 1. The van der Waals surface area contributed by atoms with Gasteiger partial charge in [0.1, 0.15) is 5.01 Å². The highest BCUT2D eigenvalue weighted by molar-refractivity contribution is 7.14. The van der Waals surface area contributed by atoms with Gasteiger partial charge in [0.15, 0.2) is 0 Å². The van der Waals surface area contributed by atoms with E-state index in [0.29, 0.717) is 18.9 Å². The molecule has 1 amide bonds. The number of thiazole rings is 1. The normalized spacial score (nSPS) is 21.6. The zero-order valence-corrected chi connectivity index (χ0v) is 13.3. The first-order chi connectivity index (χ1) is 10.2. The van der Waals surface area contributed by atoms with Crippen LogP contribution in [0.3, 0.4) is 0 Å². The van der Waals surface area contributed by atoms with Crippen molar-refractivity contribution in [2.75, 3.05) is 6.54 Å². The standard InChI is InChI=1S/C15H18N2O2S2/c18-13-2-1-10(5-13)7-16-14(19)6-12-9-21-15(17-12)11-3-4-20-8-11/h3-4,8-10,13,18H,1-2,5-7H2,(H,16,19). The Hall–Kier alpha value is -1.24. The first-order valence-electron chi connectivity index (χ1n) is 7.12. The number of aliphatic hydroxyl groups excluding tert-OH is 1. The van der Waals surface area contributed by atoms with Crippen molar-refractivity contribution in [3.63, 3.8) is 0 Å². The van der Waals surface area contributed by atoms with Crippen molar-refractivity contribution in [1.82, 2.24) is 10.3 Å². The van der Waals surface area contributed by atoms with Gasteiger partial charge in [-0.2, -0.15) is 11.3 Å². The van der Waals surface area contributed by atoms with Crippen molar-refractivity contribution >= 4 is 28.6 Å². The van der Waals surface area contributed by atoms with E-state index in [1.54, 1.807) is 22.7 Å². The molecule has 1 saturated carbocycles. The number of aliphatic hydroxyl groups is 1. The maximum atomic E-state index is 11.9. The Morgan fingerprint density at radius 3 is 3.05 bits per heavy atom. The lowest BCUT2D eigenvalue weighted by molar-refractivity contribution is -0.120. The average Bonchev–Trinajstić information content (AvgIpc) is 3.16. The van der Waals surface area contributed by atoms with Crippen LogP contribution >= 0.6 is 22.7 Å². The van der Waals surface area contributed by atoms with Crippen molar-refractivity contribution in [1.29, 1.82) is 0 Å². The van der Waals surface area contributed by atoms with E-state index in [1.165, 1.54) is 0 Å². The lowest BCUT2D eigenvalue weighted by atomic mass is 10.1. The molecule has 0 radical (unpaired) electrons. The van der Waals surface area contributed by atoms with Gasteiger partial charge in [0, 0.05) is 22.9 Å². The average molecular weight is 322 g/mol. The van der Waals surface area contributed by atoms with Crippen molar-refractivity contribution in [2.24, 2.45) is 5.92 Å². The van der Waals surface area contributed by atoms with Crippen LogP contribution in [0.1, 0.15) is 25.0 Å². The smallest absolute Gasteiger partial charge is 0.226 e. The molecule has 0 aliphatic heterocycles. The SMILES string of the molecule is O=C(Cc1csc(-c2ccsc2)n1)NCC1CCC(O)C1. The fourth-order valence-corrected chi connectivity index (χ4v) is 4.16. The number of aromatic nitrogens is 1. The molecular weight excluding hydrogens is 304 g/mol. The minimum Gasteiger partial charge on any atom is -0.393 e. The summed E-state index contributed by atoms with van der Waals surface area (Å²) in [6.07, 6.45) is 2.81. The van der Waals surface area contributed by atoms with Gasteiger partial charge in [0.05, 0.1) is 18.2 Å². The van der Waals surface area contributed by atoms with Crippen molar-refractivity contribution in [3.8, 4) is 10.6 Å². The molecule has 2 atom stereocenters. The Morgan fingerprint density at radius 1 is 1.43 bits per heavy atom. The third-order valence-corrected chi connectivity index (χ3v) is 5.39. The van der Waals surface area contributed by atoms with E-state index in [4.69, 9.17) is 0 Å². The molecule has 21 heavy (non-hydrogen) atoms. The molecule has 6 heteroatoms. The summed E-state index contributed by atoms with van der Waals surface area (Å²) in [6.45, 7) is 0.664. The summed E-state index contributed by atoms with van der Waals surface area (Å²) in [7, 11) is 0. The summed E-state index contributed by atoms with van der Waals surface area (Å²) < 4.78 is 0. The predicted molar refractivity (Wildman–Crippen MR) is 85.5 cm³/mol. The van der Waals surface area contributed by atoms with Crippen LogP contribution in [0.5, 0.6) is 0 Å². The van der Waals surface area contributed by atoms with Crippen LogP contribution in [0.25, 0.3) is 10.6 Å². The number of rotatable bonds is 5. The topological polar surface area (TPSA) is 62.2 Å². The van der Waals surface area contributed by atoms with Crippen LogP contribution in [0, 0.1) is 5.92 Å². The zero-order chi connectivity index (χ0) is 14.7. The number of hydrogen-bond acceptors (Lipinski definition) is 5. The third-order valence-electron chi connectivity index (χ3n) is 3.76. The van der Waals surface area contributed by atoms with E-state index < -0.39 is 0 Å². The summed E-state index contributed by atoms with van der Waals surface area (Å²) in [6, 6.07) is 2.04. The first kappa shape index (κ1) is 14.7. The largest absolute Gasteiger partial charge is 0.393 e. The van der Waals surface area contributed by atoms with Crippen LogP contribution < -0.4 is 5.32 Å². The molecule has 1 fully saturated rings. The quantitative estimate of drug-likeness (QED) is 0.889. The van der Waals surface area contributed by atoms with Gasteiger partial charge in [-0.1, -0.05) is 0 Å². The molecule has 1 aliphatic rings. The second kappa shape index (κ2) is 6.68. The van der Waals surface area contributed by atoms with Gasteiger partial charge in [-0.05, 0) is 36.6 Å². The molecule has 4 nitrogen and oxygen atoms in total. The van der Waals surface area contributed by atoms with E-state index in [1.807, 2.05) is 16.8 Å². The molecule has 3 rings (SSSR count). The highest BCUT2D eigenvalue weighted by Crippen LogP contribution is 2.26. The van der Waals surface area contributed by atoms with Gasteiger partial charge < -0.3 is 10.4 Å². The molecule has 1 aliphatic carbocycles. The Labute approximate surface area is 131 Å². The van der Waals surface area contributed by atoms with E-state index in [-0.39, 0.29) is 12.0 Å². The zero-order valence-electron chi connectivity index (χ0n) is 11.6. The molecule has 0 saturated heterocycles. The maximum absolute atomic E-state index is 11.9. The Kier molecular flexibility index (Phi) is 4.67. The van der Waals surface area contributed by atoms with E-state index >= 15 is 0 Å². The van der Waals surface area contributed by atoms with E-state index in [0.717, 1.165) is 35.5 Å². The third kappa shape index (κ3) is 3.90. The molecule has 0 aromatic carbocycles. The first-order valence-corrected chi connectivity index (χ1v) is 8.94. The fraction of sp³-hybridized carbons (Fsp3) is 0.467. The van der Waals surface area contributed by atoms with Crippen LogP contribution in [-0.2, 0) is 11.2 Å². The van der Waals surface area contributed by atoms with Gasteiger partial charge >= 0.3 is 0 Å². The maximum Gasteiger partial charge on any atom is 0.226 e. The Morgan fingerprint density at radius 2 is 2.33 bits per heavy atom. The van der Waals surface area contributed by atoms with Gasteiger partial charge in [-0.3, -0.25) is 4.79 Å². The minimum atomic E-state index is -0.182. The van der Waals surface area contributed by atoms with Crippen LogP contribution in [0.2, 0.25) is 0 Å². The number of hydrogen-bond donors (Lipinski definition) is 2. The monoisotopic (exact) mass is 322 g/mol. The molecule has 112 valence electrons. The molecule has 2 unspecified atom stereocenters. The number of carbonyl (C=O) groups is 1. The van der Waals surface area contributed by atoms with Crippen molar-refractivity contribution < 1.29 is 9.90 Å². The molecular formula is C15H18N2O2S2. The summed E-state index contributed by atoms with van der Waals surface area (Å²) in [5.74, 6) is 0.430. The van der Waals surface area contributed by atoms with Gasteiger partial charge in [0.25, 0.3) is 0 Å². The molecule has 2 aromatic rings. The van der Waals surface area contributed by atoms with Gasteiger partial charge in [-0.15, -0.1) is 11.3 Å². The van der Waals surface area contributed by atoms with Crippen LogP contribution in [-0.4, -0.2) is 28.6 Å². The molecule has 2 N–H and O–H groups in total. The summed E-state index contributed by atoms with van der Waals surface area (Å²) in [5, 5.41) is 19.4. The molecule has 2 heterocycles. The van der Waals surface area contributed by atoms with Gasteiger partial charge in [-0.25, -0.2) is 4.98 Å². The van der Waals surface area contributed by atoms with E-state index in [2.05, 4.69) is 15.7 Å². The number of amides is 1. The second-order valence-corrected chi connectivity index (χ2v) is 7.11. The minimum absolute atomic E-state index is 0.0126. The molecule has 0 spiro atoms. The highest BCUT2D eigenvalue weighted by Gasteiger charge is 2.23. The van der Waals surface area contributed by atoms with Crippen LogP contribution in [0.4, 0.5) is 0 Å². The predicted octanol–water partition coefficient (Wildman–Crippen LogP) is 2.69. The highest BCUT2D eigenvalue weighted by atomic mass is 32.1. The Bertz CT molecular complexity index is 595. The summed E-state index contributed by atoms with van der Waals surface area (Å²) >= 11 is 3.22. The van der Waals surface area contributed by atoms with Crippen molar-refractivity contribution in [3.05, 3.63) is 27.9 Å². The number of nitrogens with zero attached hydrogens (tertiary/aromatic N) is 1. The summed E-state index contributed by atoms with van der Waals surface area (Å²) in [5.41, 5.74) is 1.95. The van der Waals surface area contributed by atoms with Crippen molar-refractivity contribution in [2.45, 2.75) is 31.8 Å². The second-order valence-electron chi connectivity index (χ2n) is 5.47. The fourth-order valence-electron chi connectivity index (χ4n) is 2.63. The lowest BCUT2D eigenvalue weighted by Gasteiger charge is -2.10. The molecule has 0 bridgehead atoms. The number of carbonyl (C=O) groups excluding carboxylic acids is 1. The van der Waals surface area contributed by atoms with Gasteiger partial charge in [0.2, 0.25) is 5.91 Å². The number of nitrogens with one attached hydrogen (secondary N) is 1. The lowest BCUT2D eigenvalue weighted by Crippen LogP contribution is -2.30. The molecule has 2 aromatic heterocycles. The summed E-state index contributed by atoms with van der Waals surface area (Å²) in [4.78, 5) is 16.4. The van der Waals surface area contributed by atoms with Crippen LogP contribution in [0.15, 0.2) is 22.2 Å². The van der Waals surface area contributed by atoms with E-state index in [9.17, 15) is 9.90 Å². The Balaban J connectivity index is 1.49.